The van der Waals surface area contributed by atoms with Crippen LogP contribution in [0, 0.1) is 0 Å². The number of piperazine rings is 1. The van der Waals surface area contributed by atoms with Crippen molar-refractivity contribution in [1.82, 2.24) is 35.0 Å². The number of aromatic nitrogens is 3. The van der Waals surface area contributed by atoms with E-state index in [2.05, 4.69) is 35.6 Å². The van der Waals surface area contributed by atoms with E-state index in [1.165, 1.54) is 14.2 Å². The van der Waals surface area contributed by atoms with Gasteiger partial charge in [0.05, 0.1) is 42.2 Å². The van der Waals surface area contributed by atoms with E-state index in [0.717, 1.165) is 86.4 Å². The maximum Gasteiger partial charge on any atom is 0.293 e. The molecule has 1 atom stereocenters. The van der Waals surface area contributed by atoms with Crippen LogP contribution in [0.2, 0.25) is 5.02 Å². The van der Waals surface area contributed by atoms with Gasteiger partial charge in [-0.15, -0.1) is 0 Å². The number of hydrogen-bond donors (Lipinski definition) is 3. The fourth-order valence-corrected chi connectivity index (χ4v) is 9.75. The van der Waals surface area contributed by atoms with Crippen LogP contribution in [0.25, 0.3) is 10.9 Å². The first-order chi connectivity index (χ1) is 31.8. The molecule has 2 aromatic carbocycles. The summed E-state index contributed by atoms with van der Waals surface area (Å²) in [6.45, 7) is 8.14. The van der Waals surface area contributed by atoms with Crippen LogP contribution in [-0.2, 0) is 19.1 Å². The molecule has 2 aromatic heterocycles. The van der Waals surface area contributed by atoms with Gasteiger partial charge in [0.15, 0.2) is 18.2 Å². The van der Waals surface area contributed by atoms with E-state index < -0.39 is 29.7 Å². The Morgan fingerprint density at radius 3 is 2.36 bits per heavy atom. The quantitative estimate of drug-likeness (QED) is 0.164. The molecule has 0 bridgehead atoms. The predicted molar refractivity (Wildman–Crippen MR) is 245 cm³/mol. The van der Waals surface area contributed by atoms with E-state index in [1.54, 1.807) is 29.0 Å². The number of carbonyl (C=O) groups excluding carboxylic acids is 5. The Bertz CT molecular complexity index is 2660. The highest BCUT2D eigenvalue weighted by Crippen LogP contribution is 2.39. The molecule has 3 N–H and O–H groups in total. The zero-order chi connectivity index (χ0) is 46.4. The van der Waals surface area contributed by atoms with Crippen molar-refractivity contribution in [3.05, 3.63) is 69.1 Å². The zero-order valence-electron chi connectivity index (χ0n) is 37.3. The van der Waals surface area contributed by atoms with Crippen molar-refractivity contribution in [2.24, 2.45) is 0 Å². The van der Waals surface area contributed by atoms with Gasteiger partial charge in [0.1, 0.15) is 16.8 Å². The number of amides is 5. The summed E-state index contributed by atoms with van der Waals surface area (Å²) in [5.74, 6) is -1.17. The van der Waals surface area contributed by atoms with Crippen LogP contribution in [0.5, 0.6) is 11.5 Å². The number of ether oxygens (including phenoxy) is 3. The second-order valence-corrected chi connectivity index (χ2v) is 18.0. The third-order valence-corrected chi connectivity index (χ3v) is 13.5. The van der Waals surface area contributed by atoms with Crippen LogP contribution in [0.4, 0.5) is 23.1 Å². The molecule has 6 heterocycles. The molecule has 0 radical (unpaired) electrons. The van der Waals surface area contributed by atoms with Gasteiger partial charge in [-0.1, -0.05) is 11.6 Å². The first-order valence-corrected chi connectivity index (χ1v) is 22.8. The third-order valence-electron chi connectivity index (χ3n) is 13.2. The molecule has 4 aromatic rings. The highest BCUT2D eigenvalue weighted by atomic mass is 35.5. The molecule has 348 valence electrons. The number of nitrogens with zero attached hydrogens (tertiary/aromatic N) is 7. The molecule has 20 heteroatoms. The average molecular weight is 925 g/mol. The van der Waals surface area contributed by atoms with Gasteiger partial charge >= 0.3 is 0 Å². The van der Waals surface area contributed by atoms with Gasteiger partial charge in [-0.2, -0.15) is 4.98 Å². The molecule has 3 saturated heterocycles. The Kier molecular flexibility index (Phi) is 12.6. The van der Waals surface area contributed by atoms with Gasteiger partial charge in [-0.05, 0) is 76.3 Å². The maximum absolute atomic E-state index is 13.6. The standard InChI is InChI=1S/C46H53ClN10O9/c1-25(2)56-34-6-5-27(17-26(34)18-37(44(56)62)65-24-39(59)48-3)50-41-33(47)23-49-46(52-41)55-11-9-30(10-12-55)66-31-19-28(20-31)53-13-15-54(16-14-53)29-21-32-40(36(22-29)64-4)45(63)57(43(32)61)35-7-8-38(58)51-42(35)60/h5-6,17-18,21-23,25,28,30-31,35H,7-16,19-20,24H2,1-4H3,(H,48,59)(H,49,50,52)(H,51,58,60)/t28-,31-,35?. The predicted octanol–water partition coefficient (Wildman–Crippen LogP) is 3.64. The fourth-order valence-electron chi connectivity index (χ4n) is 9.61. The summed E-state index contributed by atoms with van der Waals surface area (Å²) in [4.78, 5) is 93.6. The number of halogens is 1. The molecular weight excluding hydrogens is 872 g/mol. The molecule has 9 rings (SSSR count). The molecule has 4 fully saturated rings. The summed E-state index contributed by atoms with van der Waals surface area (Å²) in [5.41, 5.74) is 2.24. The Morgan fingerprint density at radius 1 is 0.909 bits per heavy atom. The van der Waals surface area contributed by atoms with E-state index in [0.29, 0.717) is 28.5 Å². The monoisotopic (exact) mass is 924 g/mol. The van der Waals surface area contributed by atoms with Crippen molar-refractivity contribution in [3.8, 4) is 11.5 Å². The largest absolute Gasteiger partial charge is 0.496 e. The van der Waals surface area contributed by atoms with Crippen molar-refractivity contribution >= 4 is 75.2 Å². The van der Waals surface area contributed by atoms with Crippen LogP contribution in [-0.4, -0.2) is 138 Å². The maximum atomic E-state index is 13.6. The van der Waals surface area contributed by atoms with Gasteiger partial charge in [-0.25, -0.2) is 4.98 Å². The normalized spacial score (nSPS) is 21.5. The smallest absolute Gasteiger partial charge is 0.293 e. The Balaban J connectivity index is 0.757. The van der Waals surface area contributed by atoms with Crippen LogP contribution in [0.15, 0.2) is 47.4 Å². The minimum atomic E-state index is -1.04. The van der Waals surface area contributed by atoms with Crippen LogP contribution < -0.4 is 40.8 Å². The molecule has 1 unspecified atom stereocenters. The van der Waals surface area contributed by atoms with Crippen molar-refractivity contribution < 1.29 is 38.2 Å². The van der Waals surface area contributed by atoms with Crippen molar-refractivity contribution in [1.29, 1.82) is 0 Å². The summed E-state index contributed by atoms with van der Waals surface area (Å²) in [5, 5.41) is 9.16. The minimum absolute atomic E-state index is 0.0531. The summed E-state index contributed by atoms with van der Waals surface area (Å²) in [6.07, 6.45) is 5.66. The molecule has 5 amide bonds. The van der Waals surface area contributed by atoms with E-state index >= 15 is 0 Å². The summed E-state index contributed by atoms with van der Waals surface area (Å²) < 4.78 is 19.5. The Hall–Kier alpha value is -6.31. The number of carbonyl (C=O) groups is 5. The number of likely N-dealkylation sites (N-methyl/N-ethyl adjacent to an activating group) is 1. The highest BCUT2D eigenvalue weighted by molar-refractivity contribution is 6.33. The molecule has 5 aliphatic rings. The molecule has 0 spiro atoms. The van der Waals surface area contributed by atoms with E-state index in [-0.39, 0.29) is 71.8 Å². The van der Waals surface area contributed by atoms with E-state index in [4.69, 9.17) is 30.8 Å². The highest BCUT2D eigenvalue weighted by Gasteiger charge is 2.47. The van der Waals surface area contributed by atoms with Crippen LogP contribution in [0.3, 0.4) is 0 Å². The van der Waals surface area contributed by atoms with Crippen molar-refractivity contribution in [2.45, 2.75) is 82.7 Å². The van der Waals surface area contributed by atoms with E-state index in [9.17, 15) is 28.8 Å². The molecular formula is C46H53ClN10O9. The van der Waals surface area contributed by atoms with E-state index in [1.807, 2.05) is 32.0 Å². The number of anilines is 4. The third kappa shape index (κ3) is 8.73. The zero-order valence-corrected chi connectivity index (χ0v) is 38.1. The van der Waals surface area contributed by atoms with Crippen LogP contribution in [0.1, 0.15) is 79.1 Å². The Labute approximate surface area is 385 Å². The number of methoxy groups -OCH3 is 1. The number of fused-ring (bicyclic) bond motifs is 2. The molecule has 1 saturated carbocycles. The second kappa shape index (κ2) is 18.5. The first kappa shape index (κ1) is 44.9. The topological polar surface area (TPSA) is 210 Å². The van der Waals surface area contributed by atoms with Gasteiger partial charge < -0.3 is 39.2 Å². The van der Waals surface area contributed by atoms with Gasteiger partial charge in [0.25, 0.3) is 23.3 Å². The average Bonchev–Trinajstić information content (AvgIpc) is 3.55. The molecule has 1 aliphatic carbocycles. The lowest BCUT2D eigenvalue weighted by Gasteiger charge is -2.47. The van der Waals surface area contributed by atoms with Crippen LogP contribution >= 0.6 is 11.6 Å². The Morgan fingerprint density at radius 2 is 1.67 bits per heavy atom. The lowest BCUT2D eigenvalue weighted by Crippen LogP contribution is -2.56. The number of pyridine rings is 1. The number of imide groups is 2. The molecule has 66 heavy (non-hydrogen) atoms. The second-order valence-electron chi connectivity index (χ2n) is 17.6. The van der Waals surface area contributed by atoms with Gasteiger partial charge in [0, 0.05) is 87.6 Å². The number of rotatable bonds is 13. The van der Waals surface area contributed by atoms with Crippen molar-refractivity contribution in [2.75, 3.05) is 75.1 Å². The number of nitrogens with one attached hydrogen (secondary N) is 3. The summed E-state index contributed by atoms with van der Waals surface area (Å²) in [6, 6.07) is 9.99. The minimum Gasteiger partial charge on any atom is -0.496 e. The van der Waals surface area contributed by atoms with Crippen molar-refractivity contribution in [3.63, 3.8) is 0 Å². The summed E-state index contributed by atoms with van der Waals surface area (Å²) >= 11 is 6.60. The lowest BCUT2D eigenvalue weighted by atomic mass is 9.87. The lowest BCUT2D eigenvalue weighted by molar-refractivity contribution is -0.136. The number of benzene rings is 2. The van der Waals surface area contributed by atoms with Gasteiger partial charge in [0.2, 0.25) is 17.8 Å². The molecule has 4 aliphatic heterocycles. The molecule has 19 nitrogen and oxygen atoms in total. The summed E-state index contributed by atoms with van der Waals surface area (Å²) in [7, 11) is 2.97. The van der Waals surface area contributed by atoms with Gasteiger partial charge in [-0.3, -0.25) is 43.9 Å². The number of hydrogen-bond acceptors (Lipinski definition) is 15. The first-order valence-electron chi connectivity index (χ1n) is 22.4. The SMILES string of the molecule is CNC(=O)COc1cc2cc(Nc3nc(N4CCC(O[C@H]5C[C@H](N6CCN(c7cc(OC)c8c(c7)C(=O)N(C7CCC(=O)NC7=O)C8=O)CC6)C5)CC4)ncc3Cl)ccc2n(C(C)C)c1=O. The fraction of sp³-hybridized carbons (Fsp3) is 0.478. The number of piperidine rings is 2.